The molecule has 0 saturated carbocycles. The van der Waals surface area contributed by atoms with Gasteiger partial charge in [-0.15, -0.1) is 0 Å². The SMILES string of the molecule is CN(C)S(=O)(=O)c1ccc(C(=O)N2CC[C@@H](c3ccccc3)C2)cc1. The van der Waals surface area contributed by atoms with Crippen LogP contribution in [0.4, 0.5) is 0 Å². The van der Waals surface area contributed by atoms with E-state index in [1.807, 2.05) is 23.1 Å². The number of benzene rings is 2. The highest BCUT2D eigenvalue weighted by Crippen LogP contribution is 2.28. The number of carbonyl (C=O) groups excluding carboxylic acids is 1. The van der Waals surface area contributed by atoms with Crippen LogP contribution in [0.25, 0.3) is 0 Å². The third-order valence-electron chi connectivity index (χ3n) is 4.63. The summed E-state index contributed by atoms with van der Waals surface area (Å²) in [6.45, 7) is 1.41. The minimum absolute atomic E-state index is 0.0489. The van der Waals surface area contributed by atoms with Crippen molar-refractivity contribution in [3.8, 4) is 0 Å². The van der Waals surface area contributed by atoms with Crippen LogP contribution in [0.15, 0.2) is 59.5 Å². The van der Waals surface area contributed by atoms with E-state index >= 15 is 0 Å². The third-order valence-corrected chi connectivity index (χ3v) is 6.46. The molecule has 6 heteroatoms. The number of sulfonamides is 1. The predicted molar refractivity (Wildman–Crippen MR) is 97.0 cm³/mol. The average Bonchev–Trinajstić information content (AvgIpc) is 3.12. The zero-order valence-electron chi connectivity index (χ0n) is 14.4. The van der Waals surface area contributed by atoms with Crippen molar-refractivity contribution in [2.24, 2.45) is 0 Å². The van der Waals surface area contributed by atoms with E-state index in [0.29, 0.717) is 18.0 Å². The molecule has 1 fully saturated rings. The summed E-state index contributed by atoms with van der Waals surface area (Å²) >= 11 is 0. The molecule has 1 heterocycles. The maximum Gasteiger partial charge on any atom is 0.253 e. The van der Waals surface area contributed by atoms with Crippen LogP contribution in [0, 0.1) is 0 Å². The maximum absolute atomic E-state index is 12.7. The van der Waals surface area contributed by atoms with Gasteiger partial charge in [0.05, 0.1) is 4.90 Å². The number of carbonyl (C=O) groups is 1. The van der Waals surface area contributed by atoms with Gasteiger partial charge < -0.3 is 4.90 Å². The fourth-order valence-electron chi connectivity index (χ4n) is 3.10. The van der Waals surface area contributed by atoms with Crippen molar-refractivity contribution in [2.45, 2.75) is 17.2 Å². The topological polar surface area (TPSA) is 57.7 Å². The molecule has 3 rings (SSSR count). The van der Waals surface area contributed by atoms with Crippen LogP contribution in [-0.4, -0.2) is 50.7 Å². The van der Waals surface area contributed by atoms with Crippen molar-refractivity contribution < 1.29 is 13.2 Å². The fraction of sp³-hybridized carbons (Fsp3) is 0.316. The second-order valence-corrected chi connectivity index (χ2v) is 8.61. The molecule has 2 aromatic carbocycles. The Hall–Kier alpha value is -2.18. The summed E-state index contributed by atoms with van der Waals surface area (Å²) in [5.74, 6) is 0.311. The molecule has 0 bridgehead atoms. The molecule has 1 amide bonds. The van der Waals surface area contributed by atoms with Crippen molar-refractivity contribution in [3.05, 3.63) is 65.7 Å². The summed E-state index contributed by atoms with van der Waals surface area (Å²) in [4.78, 5) is 14.7. The minimum Gasteiger partial charge on any atom is -0.338 e. The van der Waals surface area contributed by atoms with E-state index in [1.165, 1.54) is 31.8 Å². The van der Waals surface area contributed by atoms with Gasteiger partial charge in [-0.25, -0.2) is 12.7 Å². The molecule has 0 aliphatic carbocycles. The molecule has 25 heavy (non-hydrogen) atoms. The Kier molecular flexibility index (Phi) is 4.92. The first-order chi connectivity index (χ1) is 11.9. The Bertz CT molecular complexity index is 846. The second-order valence-electron chi connectivity index (χ2n) is 6.46. The van der Waals surface area contributed by atoms with Gasteiger partial charge in [0.1, 0.15) is 0 Å². The lowest BCUT2D eigenvalue weighted by Crippen LogP contribution is -2.28. The molecular weight excluding hydrogens is 336 g/mol. The second kappa shape index (κ2) is 6.98. The lowest BCUT2D eigenvalue weighted by molar-refractivity contribution is 0.0790. The average molecular weight is 358 g/mol. The van der Waals surface area contributed by atoms with E-state index in [2.05, 4.69) is 12.1 Å². The van der Waals surface area contributed by atoms with Crippen LogP contribution in [-0.2, 0) is 10.0 Å². The molecular formula is C19H22N2O3S. The molecule has 0 aromatic heterocycles. The first-order valence-corrected chi connectivity index (χ1v) is 9.70. The lowest BCUT2D eigenvalue weighted by atomic mass is 9.99. The highest BCUT2D eigenvalue weighted by atomic mass is 32.2. The molecule has 5 nitrogen and oxygen atoms in total. The van der Waals surface area contributed by atoms with E-state index in [-0.39, 0.29) is 10.8 Å². The summed E-state index contributed by atoms with van der Waals surface area (Å²) in [5.41, 5.74) is 1.77. The molecule has 2 aromatic rings. The molecule has 0 spiro atoms. The largest absolute Gasteiger partial charge is 0.338 e. The van der Waals surface area contributed by atoms with Crippen molar-refractivity contribution >= 4 is 15.9 Å². The van der Waals surface area contributed by atoms with E-state index in [9.17, 15) is 13.2 Å². The number of rotatable bonds is 4. The number of hydrogen-bond donors (Lipinski definition) is 0. The number of likely N-dealkylation sites (tertiary alicyclic amines) is 1. The summed E-state index contributed by atoms with van der Waals surface area (Å²) in [5, 5.41) is 0. The van der Waals surface area contributed by atoms with Gasteiger partial charge in [-0.2, -0.15) is 0 Å². The van der Waals surface area contributed by atoms with Crippen molar-refractivity contribution in [2.75, 3.05) is 27.2 Å². The van der Waals surface area contributed by atoms with Crippen LogP contribution >= 0.6 is 0 Å². The molecule has 0 radical (unpaired) electrons. The molecule has 0 N–H and O–H groups in total. The molecule has 1 atom stereocenters. The zero-order chi connectivity index (χ0) is 18.0. The zero-order valence-corrected chi connectivity index (χ0v) is 15.2. The molecule has 0 unspecified atom stereocenters. The Labute approximate surface area is 148 Å². The summed E-state index contributed by atoms with van der Waals surface area (Å²) in [6.07, 6.45) is 0.947. The Morgan fingerprint density at radius 3 is 2.28 bits per heavy atom. The van der Waals surface area contributed by atoms with Crippen LogP contribution in [0.2, 0.25) is 0 Å². The van der Waals surface area contributed by atoms with Gasteiger partial charge in [-0.3, -0.25) is 4.79 Å². The standard InChI is InChI=1S/C19H22N2O3S/c1-20(2)25(23,24)18-10-8-16(9-11-18)19(22)21-13-12-17(14-21)15-6-4-3-5-7-15/h3-11,17H,12-14H2,1-2H3/t17-/m1/s1. The lowest BCUT2D eigenvalue weighted by Gasteiger charge is -2.17. The van der Waals surface area contributed by atoms with Crippen LogP contribution in [0.1, 0.15) is 28.3 Å². The van der Waals surface area contributed by atoms with Crippen molar-refractivity contribution in [3.63, 3.8) is 0 Å². The van der Waals surface area contributed by atoms with Gasteiger partial charge in [0, 0.05) is 38.7 Å². The number of nitrogens with zero attached hydrogens (tertiary/aromatic N) is 2. The number of hydrogen-bond acceptors (Lipinski definition) is 3. The smallest absolute Gasteiger partial charge is 0.253 e. The predicted octanol–water partition coefficient (Wildman–Crippen LogP) is 2.57. The van der Waals surface area contributed by atoms with E-state index in [1.54, 1.807) is 12.1 Å². The highest BCUT2D eigenvalue weighted by molar-refractivity contribution is 7.89. The maximum atomic E-state index is 12.7. The Morgan fingerprint density at radius 2 is 1.68 bits per heavy atom. The Balaban J connectivity index is 1.72. The van der Waals surface area contributed by atoms with Gasteiger partial charge in [0.2, 0.25) is 10.0 Å². The summed E-state index contributed by atoms with van der Waals surface area (Å²) < 4.78 is 25.4. The number of amides is 1. The van der Waals surface area contributed by atoms with Gasteiger partial charge in [0.25, 0.3) is 5.91 Å². The van der Waals surface area contributed by atoms with E-state index < -0.39 is 10.0 Å². The normalized spacial score (nSPS) is 17.9. The first-order valence-electron chi connectivity index (χ1n) is 8.26. The molecule has 1 aliphatic heterocycles. The third kappa shape index (κ3) is 3.60. The Morgan fingerprint density at radius 1 is 1.04 bits per heavy atom. The monoisotopic (exact) mass is 358 g/mol. The quantitative estimate of drug-likeness (QED) is 0.844. The van der Waals surface area contributed by atoms with Crippen LogP contribution in [0.5, 0.6) is 0 Å². The first kappa shape index (κ1) is 17.6. The molecule has 132 valence electrons. The van der Waals surface area contributed by atoms with Gasteiger partial charge in [0.15, 0.2) is 0 Å². The summed E-state index contributed by atoms with van der Waals surface area (Å²) in [6, 6.07) is 16.4. The van der Waals surface area contributed by atoms with Crippen LogP contribution in [0.3, 0.4) is 0 Å². The van der Waals surface area contributed by atoms with Gasteiger partial charge in [-0.05, 0) is 36.2 Å². The van der Waals surface area contributed by atoms with Crippen LogP contribution < -0.4 is 0 Å². The van der Waals surface area contributed by atoms with Gasteiger partial charge in [-0.1, -0.05) is 30.3 Å². The molecule has 1 aliphatic rings. The highest BCUT2D eigenvalue weighted by Gasteiger charge is 2.28. The summed E-state index contributed by atoms with van der Waals surface area (Å²) in [7, 11) is -0.498. The van der Waals surface area contributed by atoms with E-state index in [0.717, 1.165) is 17.3 Å². The molecule has 1 saturated heterocycles. The van der Waals surface area contributed by atoms with Gasteiger partial charge >= 0.3 is 0 Å². The fourth-order valence-corrected chi connectivity index (χ4v) is 4.01. The van der Waals surface area contributed by atoms with Crippen molar-refractivity contribution in [1.29, 1.82) is 0 Å². The van der Waals surface area contributed by atoms with E-state index in [4.69, 9.17) is 0 Å². The minimum atomic E-state index is -3.47. The van der Waals surface area contributed by atoms with Crippen molar-refractivity contribution in [1.82, 2.24) is 9.21 Å².